The number of para-hydroxylation sites is 1. The molecule has 0 radical (unpaired) electrons. The minimum atomic E-state index is -0.678. The molecule has 0 saturated heterocycles. The predicted octanol–water partition coefficient (Wildman–Crippen LogP) is 2.44. The Morgan fingerprint density at radius 3 is 2.35 bits per heavy atom. The van der Waals surface area contributed by atoms with Crippen LogP contribution >= 0.6 is 0 Å². The Balaban J connectivity index is 2.32. The van der Waals surface area contributed by atoms with Crippen molar-refractivity contribution in [1.82, 2.24) is 0 Å². The van der Waals surface area contributed by atoms with Crippen molar-refractivity contribution in [2.45, 2.75) is 20.3 Å². The molecule has 0 aliphatic rings. The molecule has 4 nitrogen and oxygen atoms in total. The molecule has 0 saturated carbocycles. The van der Waals surface area contributed by atoms with E-state index in [4.69, 9.17) is 18.9 Å². The molecule has 0 heterocycles. The van der Waals surface area contributed by atoms with Crippen LogP contribution in [0.4, 0.5) is 0 Å². The maximum Gasteiger partial charge on any atom is 0.315 e. The van der Waals surface area contributed by atoms with E-state index in [0.717, 1.165) is 5.75 Å². The molecular weight excluding hydrogens is 220 g/mol. The minimum Gasteiger partial charge on any atom is -0.441 e. The van der Waals surface area contributed by atoms with Crippen LogP contribution in [0.15, 0.2) is 30.3 Å². The summed E-state index contributed by atoms with van der Waals surface area (Å²) in [5.41, 5.74) is 0. The third-order valence-corrected chi connectivity index (χ3v) is 1.96. The van der Waals surface area contributed by atoms with Crippen molar-refractivity contribution in [3.8, 4) is 5.75 Å². The van der Waals surface area contributed by atoms with E-state index in [2.05, 4.69) is 0 Å². The lowest BCUT2D eigenvalue weighted by molar-refractivity contribution is -0.248. The summed E-state index contributed by atoms with van der Waals surface area (Å²) in [5, 5.41) is 0. The summed E-state index contributed by atoms with van der Waals surface area (Å²) in [7, 11) is 0. The first kappa shape index (κ1) is 14.0. The van der Waals surface area contributed by atoms with Crippen molar-refractivity contribution >= 4 is 0 Å². The van der Waals surface area contributed by atoms with Crippen LogP contribution in [-0.2, 0) is 14.2 Å². The molecule has 0 bridgehead atoms. The van der Waals surface area contributed by atoms with Gasteiger partial charge < -0.3 is 18.9 Å². The van der Waals surface area contributed by atoms with E-state index in [1.807, 2.05) is 44.2 Å². The zero-order chi connectivity index (χ0) is 12.3. The summed E-state index contributed by atoms with van der Waals surface area (Å²) in [6.07, 6.45) is 0. The quantitative estimate of drug-likeness (QED) is 0.491. The highest BCUT2D eigenvalue weighted by Gasteiger charge is 2.09. The van der Waals surface area contributed by atoms with Crippen LogP contribution in [0.25, 0.3) is 0 Å². The molecule has 0 N–H and O–H groups in total. The van der Waals surface area contributed by atoms with Gasteiger partial charge in [-0.2, -0.15) is 0 Å². The van der Waals surface area contributed by atoms with E-state index in [1.54, 1.807) is 0 Å². The van der Waals surface area contributed by atoms with Crippen LogP contribution in [0.5, 0.6) is 5.75 Å². The molecule has 1 atom stereocenters. The zero-order valence-electron chi connectivity index (χ0n) is 10.4. The summed E-state index contributed by atoms with van der Waals surface area (Å²) >= 11 is 0. The molecule has 0 spiro atoms. The van der Waals surface area contributed by atoms with E-state index in [-0.39, 0.29) is 0 Å². The average molecular weight is 240 g/mol. The third kappa shape index (κ3) is 6.26. The van der Waals surface area contributed by atoms with Crippen molar-refractivity contribution in [2.24, 2.45) is 0 Å². The van der Waals surface area contributed by atoms with Gasteiger partial charge in [-0.05, 0) is 26.0 Å². The molecule has 1 aromatic carbocycles. The zero-order valence-corrected chi connectivity index (χ0v) is 10.4. The SMILES string of the molecule is CCOCCOC(OCC)Oc1ccccc1. The van der Waals surface area contributed by atoms with Gasteiger partial charge in [0.1, 0.15) is 5.75 Å². The van der Waals surface area contributed by atoms with Crippen molar-refractivity contribution in [3.63, 3.8) is 0 Å². The van der Waals surface area contributed by atoms with Crippen molar-refractivity contribution in [3.05, 3.63) is 30.3 Å². The number of benzene rings is 1. The molecule has 4 heteroatoms. The van der Waals surface area contributed by atoms with Crippen LogP contribution in [0.1, 0.15) is 13.8 Å². The molecule has 96 valence electrons. The highest BCUT2D eigenvalue weighted by molar-refractivity contribution is 5.20. The fourth-order valence-corrected chi connectivity index (χ4v) is 1.21. The second-order valence-corrected chi connectivity index (χ2v) is 3.24. The normalized spacial score (nSPS) is 12.4. The fourth-order valence-electron chi connectivity index (χ4n) is 1.21. The van der Waals surface area contributed by atoms with Gasteiger partial charge in [-0.3, -0.25) is 0 Å². The van der Waals surface area contributed by atoms with Crippen LogP contribution in [0, 0.1) is 0 Å². The van der Waals surface area contributed by atoms with Crippen molar-refractivity contribution in [2.75, 3.05) is 26.4 Å². The Hall–Kier alpha value is -1.10. The van der Waals surface area contributed by atoms with Crippen molar-refractivity contribution < 1.29 is 18.9 Å². The molecule has 1 rings (SSSR count). The fraction of sp³-hybridized carbons (Fsp3) is 0.538. The molecule has 0 aromatic heterocycles. The summed E-state index contributed by atoms with van der Waals surface area (Å²) in [4.78, 5) is 0. The first-order chi connectivity index (χ1) is 8.36. The molecule has 0 amide bonds. The van der Waals surface area contributed by atoms with Gasteiger partial charge in [-0.1, -0.05) is 18.2 Å². The molecular formula is C13H20O4. The largest absolute Gasteiger partial charge is 0.441 e. The van der Waals surface area contributed by atoms with Gasteiger partial charge >= 0.3 is 6.48 Å². The van der Waals surface area contributed by atoms with E-state index in [1.165, 1.54) is 0 Å². The number of rotatable bonds is 9. The summed E-state index contributed by atoms with van der Waals surface area (Å²) in [6.45, 7) is 5.37. The molecule has 1 unspecified atom stereocenters. The highest BCUT2D eigenvalue weighted by atomic mass is 16.8. The van der Waals surface area contributed by atoms with E-state index in [0.29, 0.717) is 26.4 Å². The molecule has 0 aliphatic carbocycles. The number of ether oxygens (including phenoxy) is 4. The lowest BCUT2D eigenvalue weighted by atomic mass is 10.3. The predicted molar refractivity (Wildman–Crippen MR) is 64.9 cm³/mol. The molecule has 0 aliphatic heterocycles. The summed E-state index contributed by atoms with van der Waals surface area (Å²) < 4.78 is 21.5. The number of hydrogen-bond donors (Lipinski definition) is 0. The van der Waals surface area contributed by atoms with Crippen LogP contribution in [0.2, 0.25) is 0 Å². The second kappa shape index (κ2) is 8.98. The van der Waals surface area contributed by atoms with Gasteiger partial charge in [0.15, 0.2) is 0 Å². The maximum absolute atomic E-state index is 5.54. The van der Waals surface area contributed by atoms with Crippen LogP contribution < -0.4 is 4.74 Å². The molecule has 0 fully saturated rings. The van der Waals surface area contributed by atoms with Gasteiger partial charge in [0.05, 0.1) is 19.8 Å². The summed E-state index contributed by atoms with van der Waals surface area (Å²) in [5.74, 6) is 0.724. The lowest BCUT2D eigenvalue weighted by Crippen LogP contribution is -2.26. The topological polar surface area (TPSA) is 36.9 Å². The Morgan fingerprint density at radius 2 is 1.71 bits per heavy atom. The van der Waals surface area contributed by atoms with Crippen molar-refractivity contribution in [1.29, 1.82) is 0 Å². The second-order valence-electron chi connectivity index (χ2n) is 3.24. The first-order valence-corrected chi connectivity index (χ1v) is 5.89. The van der Waals surface area contributed by atoms with Gasteiger partial charge in [0.2, 0.25) is 0 Å². The molecule has 1 aromatic rings. The van der Waals surface area contributed by atoms with Gasteiger partial charge in [-0.15, -0.1) is 0 Å². The first-order valence-electron chi connectivity index (χ1n) is 5.89. The maximum atomic E-state index is 5.54. The summed E-state index contributed by atoms with van der Waals surface area (Å²) in [6, 6.07) is 9.45. The van der Waals surface area contributed by atoms with Crippen LogP contribution in [0.3, 0.4) is 0 Å². The number of hydrogen-bond acceptors (Lipinski definition) is 4. The third-order valence-electron chi connectivity index (χ3n) is 1.96. The Labute approximate surface area is 102 Å². The van der Waals surface area contributed by atoms with Gasteiger partial charge in [0.25, 0.3) is 0 Å². The minimum absolute atomic E-state index is 0.450. The molecule has 17 heavy (non-hydrogen) atoms. The Morgan fingerprint density at radius 1 is 0.941 bits per heavy atom. The van der Waals surface area contributed by atoms with E-state index in [9.17, 15) is 0 Å². The van der Waals surface area contributed by atoms with Gasteiger partial charge in [-0.25, -0.2) is 0 Å². The smallest absolute Gasteiger partial charge is 0.315 e. The van der Waals surface area contributed by atoms with Gasteiger partial charge in [0, 0.05) is 6.61 Å². The van der Waals surface area contributed by atoms with E-state index >= 15 is 0 Å². The van der Waals surface area contributed by atoms with E-state index < -0.39 is 6.48 Å². The highest BCUT2D eigenvalue weighted by Crippen LogP contribution is 2.12. The van der Waals surface area contributed by atoms with Crippen LogP contribution in [-0.4, -0.2) is 32.9 Å². The standard InChI is InChI=1S/C13H20O4/c1-3-14-10-11-16-13(15-4-2)17-12-8-6-5-7-9-12/h5-9,13H,3-4,10-11H2,1-2H3. The average Bonchev–Trinajstić information content (AvgIpc) is 2.36. The lowest BCUT2D eigenvalue weighted by Gasteiger charge is -2.18. The Kier molecular flexibility index (Phi) is 7.38. The monoisotopic (exact) mass is 240 g/mol. The Bertz CT molecular complexity index is 276.